The summed E-state index contributed by atoms with van der Waals surface area (Å²) in [5.41, 5.74) is 9.27. The zero-order chi connectivity index (χ0) is 31.7. The predicted molar refractivity (Wildman–Crippen MR) is 184 cm³/mol. The molecule has 0 saturated carbocycles. The number of benzene rings is 6. The molecule has 0 atom stereocenters. The van der Waals surface area contributed by atoms with Crippen LogP contribution in [0.3, 0.4) is 0 Å². The van der Waals surface area contributed by atoms with Crippen LogP contribution < -0.4 is 4.74 Å². The van der Waals surface area contributed by atoms with Crippen molar-refractivity contribution in [3.63, 3.8) is 0 Å². The van der Waals surface area contributed by atoms with Gasteiger partial charge in [-0.25, -0.2) is 4.39 Å². The van der Waals surface area contributed by atoms with Crippen molar-refractivity contribution in [2.75, 3.05) is 7.11 Å². The van der Waals surface area contributed by atoms with Gasteiger partial charge >= 0.3 is 0 Å². The van der Waals surface area contributed by atoms with Gasteiger partial charge in [0.25, 0.3) is 5.69 Å². The Morgan fingerprint density at radius 2 is 1.24 bits per heavy atom. The number of ether oxygens (including phenoxy) is 1. The molecule has 0 amide bonds. The van der Waals surface area contributed by atoms with E-state index in [2.05, 4.69) is 15.9 Å². The molecule has 0 aromatic heterocycles. The largest absolute Gasteiger partial charge is 0.496 e. The third-order valence-corrected chi connectivity index (χ3v) is 8.65. The first-order valence-corrected chi connectivity index (χ1v) is 15.3. The molecule has 45 heavy (non-hydrogen) atoms. The molecule has 0 fully saturated rings. The fraction of sp³-hybridized carbons (Fsp3) is 0.0526. The molecule has 222 valence electrons. The van der Waals surface area contributed by atoms with Crippen LogP contribution in [-0.4, -0.2) is 12.0 Å². The second kappa shape index (κ2) is 12.7. The summed E-state index contributed by atoms with van der Waals surface area (Å²) in [5.74, 6) is 0.315. The lowest BCUT2D eigenvalue weighted by Gasteiger charge is -2.27. The summed E-state index contributed by atoms with van der Waals surface area (Å²) in [6.07, 6.45) is 0. The molecule has 6 aromatic carbocycles. The first kappa shape index (κ1) is 30.3. The molecule has 0 aliphatic carbocycles. The molecule has 7 heteroatoms. The van der Waals surface area contributed by atoms with Gasteiger partial charge in [-0.3, -0.25) is 10.1 Å². The van der Waals surface area contributed by atoms with Crippen molar-refractivity contribution in [1.29, 1.82) is 0 Å². The van der Waals surface area contributed by atoms with Crippen LogP contribution in [0.2, 0.25) is 5.02 Å². The maximum Gasteiger partial charge on any atom is 0.270 e. The van der Waals surface area contributed by atoms with Gasteiger partial charge in [-0.2, -0.15) is 0 Å². The number of nitro groups is 1. The topological polar surface area (TPSA) is 52.4 Å². The number of nitro benzene ring substituents is 1. The average molecular weight is 679 g/mol. The van der Waals surface area contributed by atoms with E-state index in [1.165, 1.54) is 18.2 Å². The average Bonchev–Trinajstić information content (AvgIpc) is 3.05. The Labute approximate surface area is 274 Å². The normalized spacial score (nSPS) is 11.0. The van der Waals surface area contributed by atoms with Gasteiger partial charge in [0.1, 0.15) is 11.6 Å². The minimum atomic E-state index is -0.387. The van der Waals surface area contributed by atoms with Gasteiger partial charge in [-0.15, -0.1) is 0 Å². The summed E-state index contributed by atoms with van der Waals surface area (Å²) in [7, 11) is 1.63. The number of hydrogen-bond acceptors (Lipinski definition) is 3. The Kier molecular flexibility index (Phi) is 8.52. The smallest absolute Gasteiger partial charge is 0.270 e. The van der Waals surface area contributed by atoms with Crippen molar-refractivity contribution < 1.29 is 14.1 Å². The molecule has 0 aliphatic heterocycles. The van der Waals surface area contributed by atoms with Crippen LogP contribution in [0.15, 0.2) is 126 Å². The highest BCUT2D eigenvalue weighted by atomic mass is 79.9. The maximum absolute atomic E-state index is 14.4. The van der Waals surface area contributed by atoms with Crippen molar-refractivity contribution in [1.82, 2.24) is 0 Å². The fourth-order valence-corrected chi connectivity index (χ4v) is 6.30. The standard InChI is InChI=1S/C38H26BrClFNO3/c1-23-34(27-6-5-7-31(22-27)42(43)44)36(24-10-16-28(39)17-11-24)38(26-14-20-30(41)21-15-26)37(25-12-18-29(40)19-13-25)35(23)32-8-3-4-9-33(32)45-2/h3-22H,1-2H3. The molecule has 0 unspecified atom stereocenters. The molecular weight excluding hydrogens is 653 g/mol. The Hall–Kier alpha value is -4.78. The highest BCUT2D eigenvalue weighted by Crippen LogP contribution is 2.54. The molecule has 6 aromatic rings. The highest BCUT2D eigenvalue weighted by Gasteiger charge is 2.28. The van der Waals surface area contributed by atoms with Crippen molar-refractivity contribution in [3.8, 4) is 61.4 Å². The van der Waals surface area contributed by atoms with Crippen LogP contribution in [-0.2, 0) is 0 Å². The number of methoxy groups -OCH3 is 1. The lowest BCUT2D eigenvalue weighted by Crippen LogP contribution is -2.03. The maximum atomic E-state index is 14.4. The molecule has 0 saturated heterocycles. The third kappa shape index (κ3) is 5.87. The van der Waals surface area contributed by atoms with Gasteiger partial charge in [0.15, 0.2) is 0 Å². The minimum absolute atomic E-state index is 0.0161. The summed E-state index contributed by atoms with van der Waals surface area (Å²) in [6, 6.07) is 36.5. The molecule has 4 nitrogen and oxygen atoms in total. The highest BCUT2D eigenvalue weighted by molar-refractivity contribution is 9.10. The van der Waals surface area contributed by atoms with E-state index in [1.807, 2.05) is 85.8 Å². The van der Waals surface area contributed by atoms with E-state index in [0.29, 0.717) is 16.3 Å². The van der Waals surface area contributed by atoms with E-state index >= 15 is 0 Å². The Balaban J connectivity index is 1.91. The lowest BCUT2D eigenvalue weighted by molar-refractivity contribution is -0.384. The first-order valence-electron chi connectivity index (χ1n) is 14.1. The molecule has 0 radical (unpaired) electrons. The Morgan fingerprint density at radius 1 is 0.689 bits per heavy atom. The predicted octanol–water partition coefficient (Wildman–Crippen LogP) is 11.8. The number of non-ortho nitro benzene ring substituents is 1. The van der Waals surface area contributed by atoms with Gasteiger partial charge in [0.05, 0.1) is 12.0 Å². The zero-order valence-electron chi connectivity index (χ0n) is 24.4. The van der Waals surface area contributed by atoms with Crippen LogP contribution >= 0.6 is 27.5 Å². The summed E-state index contributed by atoms with van der Waals surface area (Å²) >= 11 is 9.94. The third-order valence-electron chi connectivity index (χ3n) is 7.87. The molecule has 0 heterocycles. The van der Waals surface area contributed by atoms with Crippen molar-refractivity contribution in [2.45, 2.75) is 6.92 Å². The molecular formula is C38H26BrClFNO3. The van der Waals surface area contributed by atoms with E-state index in [1.54, 1.807) is 31.4 Å². The van der Waals surface area contributed by atoms with Gasteiger partial charge < -0.3 is 4.74 Å². The summed E-state index contributed by atoms with van der Waals surface area (Å²) in [5, 5.41) is 12.6. The number of para-hydroxylation sites is 1. The van der Waals surface area contributed by atoms with Gasteiger partial charge in [-0.1, -0.05) is 94.3 Å². The van der Waals surface area contributed by atoms with Gasteiger partial charge in [-0.05, 0) is 105 Å². The van der Waals surface area contributed by atoms with Crippen LogP contribution in [0, 0.1) is 22.9 Å². The van der Waals surface area contributed by atoms with Gasteiger partial charge in [0.2, 0.25) is 0 Å². The van der Waals surface area contributed by atoms with E-state index in [-0.39, 0.29) is 16.4 Å². The lowest BCUT2D eigenvalue weighted by atomic mass is 9.76. The molecule has 0 bridgehead atoms. The number of nitrogens with zero attached hydrogens (tertiary/aromatic N) is 1. The SMILES string of the molecule is COc1ccccc1-c1c(C)c(-c2cccc([N+](=O)[O-])c2)c(-c2ccc(Br)cc2)c(-c2ccc(F)cc2)c1-c1ccc(Cl)cc1. The fourth-order valence-electron chi connectivity index (χ4n) is 5.91. The van der Waals surface area contributed by atoms with E-state index < -0.39 is 0 Å². The second-order valence-electron chi connectivity index (χ2n) is 10.5. The van der Waals surface area contributed by atoms with Gasteiger partial charge in [0, 0.05) is 27.2 Å². The van der Waals surface area contributed by atoms with Crippen LogP contribution in [0.4, 0.5) is 10.1 Å². The summed E-state index contributed by atoms with van der Waals surface area (Å²) in [4.78, 5) is 11.6. The zero-order valence-corrected chi connectivity index (χ0v) is 26.7. The van der Waals surface area contributed by atoms with Crippen LogP contribution in [0.1, 0.15) is 5.56 Å². The van der Waals surface area contributed by atoms with Crippen molar-refractivity contribution >= 4 is 33.2 Å². The number of halogens is 3. The molecule has 0 spiro atoms. The van der Waals surface area contributed by atoms with E-state index in [0.717, 1.165) is 60.1 Å². The number of hydrogen-bond donors (Lipinski definition) is 0. The molecule has 6 rings (SSSR count). The summed E-state index contributed by atoms with van der Waals surface area (Å²) in [6.45, 7) is 2.03. The van der Waals surface area contributed by atoms with Crippen molar-refractivity contribution in [2.24, 2.45) is 0 Å². The minimum Gasteiger partial charge on any atom is -0.496 e. The molecule has 0 N–H and O–H groups in total. The van der Waals surface area contributed by atoms with E-state index in [4.69, 9.17) is 16.3 Å². The van der Waals surface area contributed by atoms with Crippen molar-refractivity contribution in [3.05, 3.63) is 152 Å². The quantitative estimate of drug-likeness (QED) is 0.125. The molecule has 0 aliphatic rings. The van der Waals surface area contributed by atoms with Crippen LogP contribution in [0.5, 0.6) is 5.75 Å². The Morgan fingerprint density at radius 3 is 1.87 bits per heavy atom. The summed E-state index contributed by atoms with van der Waals surface area (Å²) < 4.78 is 21.2. The van der Waals surface area contributed by atoms with Crippen LogP contribution in [0.25, 0.3) is 55.6 Å². The monoisotopic (exact) mass is 677 g/mol. The first-order chi connectivity index (χ1) is 21.8. The number of rotatable bonds is 7. The Bertz CT molecular complexity index is 2040. The van der Waals surface area contributed by atoms with E-state index in [9.17, 15) is 14.5 Å². The second-order valence-corrected chi connectivity index (χ2v) is 11.9.